The monoisotopic (exact) mass is 502 g/mol. The molecule has 4 N–H and O–H groups in total. The van der Waals surface area contributed by atoms with Gasteiger partial charge in [0.25, 0.3) is 0 Å². The fourth-order valence-electron chi connectivity index (χ4n) is 9.31. The van der Waals surface area contributed by atoms with Gasteiger partial charge in [0.1, 0.15) is 0 Å². The Bertz CT molecular complexity index is 1020. The van der Waals surface area contributed by atoms with Crippen LogP contribution in [-0.4, -0.2) is 50.0 Å². The van der Waals surface area contributed by atoms with Gasteiger partial charge in [-0.2, -0.15) is 0 Å². The molecule has 6 heteroatoms. The lowest BCUT2D eigenvalue weighted by atomic mass is 9.42. The smallest absolute Gasteiger partial charge is 0.330 e. The van der Waals surface area contributed by atoms with Crippen LogP contribution in [0.4, 0.5) is 0 Å². The van der Waals surface area contributed by atoms with Crippen molar-refractivity contribution in [3.63, 3.8) is 0 Å². The zero-order valence-corrected chi connectivity index (χ0v) is 23.1. The van der Waals surface area contributed by atoms with Crippen LogP contribution in [0.3, 0.4) is 0 Å². The predicted molar refractivity (Wildman–Crippen MR) is 138 cm³/mol. The summed E-state index contributed by atoms with van der Waals surface area (Å²) in [5, 5.41) is 43.3. The molecule has 4 rings (SSSR count). The minimum atomic E-state index is -1.15. The molecule has 0 amide bonds. The zero-order chi connectivity index (χ0) is 27.1. The third-order valence-electron chi connectivity index (χ3n) is 11.7. The van der Waals surface area contributed by atoms with Crippen LogP contribution in [0.2, 0.25) is 0 Å². The molecular formula is C30H46O6. The molecule has 0 unspecified atom stereocenters. The quantitative estimate of drug-likeness (QED) is 0.401. The summed E-state index contributed by atoms with van der Waals surface area (Å²) in [7, 11) is 0. The van der Waals surface area contributed by atoms with Crippen LogP contribution in [0.25, 0.3) is 0 Å². The van der Waals surface area contributed by atoms with Gasteiger partial charge in [0.2, 0.25) is 0 Å². The maximum absolute atomic E-state index is 14.1. The fourth-order valence-corrected chi connectivity index (χ4v) is 9.31. The van der Waals surface area contributed by atoms with Gasteiger partial charge in [-0.3, -0.25) is 4.79 Å². The Kier molecular flexibility index (Phi) is 6.50. The van der Waals surface area contributed by atoms with Gasteiger partial charge in [0, 0.05) is 23.0 Å². The van der Waals surface area contributed by atoms with Crippen molar-refractivity contribution in [1.82, 2.24) is 0 Å². The third kappa shape index (κ3) is 3.61. The van der Waals surface area contributed by atoms with Crippen LogP contribution < -0.4 is 0 Å². The van der Waals surface area contributed by atoms with Crippen LogP contribution in [0, 0.1) is 33.5 Å². The van der Waals surface area contributed by atoms with E-state index in [4.69, 9.17) is 5.11 Å². The highest BCUT2D eigenvalue weighted by molar-refractivity contribution is 6.00. The minimum absolute atomic E-state index is 0.140. The van der Waals surface area contributed by atoms with E-state index in [2.05, 4.69) is 34.6 Å². The number of ketones is 1. The van der Waals surface area contributed by atoms with Crippen molar-refractivity contribution in [3.8, 4) is 0 Å². The number of aliphatic hydroxyl groups is 3. The lowest BCUT2D eigenvalue weighted by molar-refractivity contribution is -0.138. The van der Waals surface area contributed by atoms with Crippen molar-refractivity contribution in [3.05, 3.63) is 22.8 Å². The Morgan fingerprint density at radius 3 is 2.36 bits per heavy atom. The first kappa shape index (κ1) is 27.5. The lowest BCUT2D eigenvalue weighted by Crippen LogP contribution is -2.59. The normalized spacial score (nSPS) is 43.9. The van der Waals surface area contributed by atoms with Crippen molar-refractivity contribution >= 4 is 11.8 Å². The number of aliphatic carboxylic acids is 1. The summed E-state index contributed by atoms with van der Waals surface area (Å²) in [6, 6.07) is 0. The first-order valence-electron chi connectivity index (χ1n) is 13.7. The van der Waals surface area contributed by atoms with E-state index in [0.29, 0.717) is 25.7 Å². The molecule has 0 heterocycles. The van der Waals surface area contributed by atoms with Crippen LogP contribution in [0.1, 0.15) is 99.8 Å². The van der Waals surface area contributed by atoms with Crippen molar-refractivity contribution in [1.29, 1.82) is 0 Å². The molecule has 36 heavy (non-hydrogen) atoms. The van der Waals surface area contributed by atoms with E-state index < -0.39 is 28.5 Å². The summed E-state index contributed by atoms with van der Waals surface area (Å²) < 4.78 is 0. The molecule has 4 aliphatic rings. The highest BCUT2D eigenvalue weighted by Crippen LogP contribution is 2.72. The molecule has 6 nitrogen and oxygen atoms in total. The number of Topliss-reactive ketones (excluding diaryl/α,β-unsaturated/α-hetero) is 1. The fraction of sp³-hybridized carbons (Fsp3) is 0.800. The number of allylic oxidation sites excluding steroid dienone is 2. The highest BCUT2D eigenvalue weighted by atomic mass is 16.4. The van der Waals surface area contributed by atoms with E-state index in [0.717, 1.165) is 30.4 Å². The van der Waals surface area contributed by atoms with E-state index >= 15 is 0 Å². The number of carboxylic acid groups (broad SMARTS) is 1. The average Bonchev–Trinajstić information content (AvgIpc) is 2.98. The molecule has 4 aliphatic carbocycles. The number of hydrogen-bond acceptors (Lipinski definition) is 5. The molecule has 0 aromatic carbocycles. The molecule has 0 bridgehead atoms. The van der Waals surface area contributed by atoms with Gasteiger partial charge in [0.15, 0.2) is 5.78 Å². The molecule has 0 aromatic heterocycles. The number of rotatable bonds is 5. The number of hydrogen-bond donors (Lipinski definition) is 4. The molecule has 0 aliphatic heterocycles. The molecule has 8 atom stereocenters. The minimum Gasteiger partial charge on any atom is -0.478 e. The van der Waals surface area contributed by atoms with Gasteiger partial charge in [-0.1, -0.05) is 46.3 Å². The standard InChI is InChI=1S/C30H46O6/c1-17(25(34)35)9-8-13-29(6,36)21-15-23(33)30(7)18-10-11-20-26(2,3)22(32)12-14-27(20,4)24(18)19(31)16-28(21,30)5/h9,20-23,32-33,36H,8,10-16H2,1-7H3,(H,34,35)/b17-9+/t20-,21-,22-,23-,27-,28+,29-,30+/m0/s1. The Morgan fingerprint density at radius 1 is 1.11 bits per heavy atom. The van der Waals surface area contributed by atoms with Crippen molar-refractivity contribution in [2.75, 3.05) is 0 Å². The molecule has 202 valence electrons. The topological polar surface area (TPSA) is 115 Å². The number of fused-ring (bicyclic) bond motifs is 4. The molecule has 0 spiro atoms. The maximum Gasteiger partial charge on any atom is 0.330 e. The second kappa shape index (κ2) is 8.51. The molecule has 0 radical (unpaired) electrons. The maximum atomic E-state index is 14.1. The van der Waals surface area contributed by atoms with E-state index in [9.17, 15) is 24.9 Å². The van der Waals surface area contributed by atoms with E-state index in [1.807, 2.05) is 0 Å². The summed E-state index contributed by atoms with van der Waals surface area (Å²) in [5.41, 5.74) is -0.749. The summed E-state index contributed by atoms with van der Waals surface area (Å²) in [6.45, 7) is 14.0. The average molecular weight is 503 g/mol. The van der Waals surface area contributed by atoms with Gasteiger partial charge < -0.3 is 20.4 Å². The predicted octanol–water partition coefficient (Wildman–Crippen LogP) is 4.81. The number of carboxylic acids is 1. The SMILES string of the molecule is C/C(=C\CC[C@](C)(O)[C@H]1C[C@H](O)[C@@]2(C)C3=C(C(=O)C[C@]12C)[C@@]1(C)CC[C@H](O)C(C)(C)[C@@H]1CC3)C(=O)O. The van der Waals surface area contributed by atoms with E-state index in [1.165, 1.54) is 0 Å². The summed E-state index contributed by atoms with van der Waals surface area (Å²) in [6.07, 6.45) is 5.12. The van der Waals surface area contributed by atoms with Crippen LogP contribution in [0.15, 0.2) is 22.8 Å². The Labute approximate surface area is 215 Å². The van der Waals surface area contributed by atoms with Crippen molar-refractivity contribution < 1.29 is 30.0 Å². The molecule has 0 saturated heterocycles. The van der Waals surface area contributed by atoms with Gasteiger partial charge in [0.05, 0.1) is 17.8 Å². The summed E-state index contributed by atoms with van der Waals surface area (Å²) >= 11 is 0. The number of carbonyl (C=O) groups is 2. The van der Waals surface area contributed by atoms with Crippen LogP contribution in [0.5, 0.6) is 0 Å². The second-order valence-electron chi connectivity index (χ2n) is 13.9. The Hall–Kier alpha value is -1.50. The third-order valence-corrected chi connectivity index (χ3v) is 11.7. The van der Waals surface area contributed by atoms with Gasteiger partial charge in [-0.25, -0.2) is 4.79 Å². The lowest BCUT2D eigenvalue weighted by Gasteiger charge is -2.61. The van der Waals surface area contributed by atoms with Gasteiger partial charge in [-0.05, 0) is 86.9 Å². The van der Waals surface area contributed by atoms with Crippen LogP contribution in [-0.2, 0) is 9.59 Å². The zero-order valence-electron chi connectivity index (χ0n) is 23.1. The first-order valence-corrected chi connectivity index (χ1v) is 13.7. The van der Waals surface area contributed by atoms with E-state index in [-0.39, 0.29) is 46.5 Å². The number of aliphatic hydroxyl groups excluding tert-OH is 2. The summed E-state index contributed by atoms with van der Waals surface area (Å²) in [4.78, 5) is 25.2. The Balaban J connectivity index is 1.74. The first-order chi connectivity index (χ1) is 16.4. The van der Waals surface area contributed by atoms with Gasteiger partial charge >= 0.3 is 5.97 Å². The molecule has 2 saturated carbocycles. The second-order valence-corrected chi connectivity index (χ2v) is 13.9. The molecular weight excluding hydrogens is 456 g/mol. The van der Waals surface area contributed by atoms with Crippen LogP contribution >= 0.6 is 0 Å². The molecule has 2 fully saturated rings. The Morgan fingerprint density at radius 2 is 1.75 bits per heavy atom. The highest BCUT2D eigenvalue weighted by Gasteiger charge is 2.70. The van der Waals surface area contributed by atoms with E-state index in [1.54, 1.807) is 19.9 Å². The van der Waals surface area contributed by atoms with Gasteiger partial charge in [-0.15, -0.1) is 0 Å². The molecule has 0 aromatic rings. The summed E-state index contributed by atoms with van der Waals surface area (Å²) in [5.74, 6) is -0.922. The number of carbonyl (C=O) groups excluding carboxylic acids is 1. The van der Waals surface area contributed by atoms with Crippen molar-refractivity contribution in [2.24, 2.45) is 33.5 Å². The largest absolute Gasteiger partial charge is 0.478 e. The van der Waals surface area contributed by atoms with Crippen molar-refractivity contribution in [2.45, 2.75) is 118 Å².